The molecule has 0 aromatic rings. The third-order valence-electron chi connectivity index (χ3n) is 4.59. The van der Waals surface area contributed by atoms with Crippen molar-refractivity contribution < 1.29 is 14.7 Å². The first-order valence-corrected chi connectivity index (χ1v) is 7.38. The Kier molecular flexibility index (Phi) is 4.80. The molecule has 1 aliphatic heterocycles. The Morgan fingerprint density at radius 3 is 2.63 bits per heavy atom. The van der Waals surface area contributed by atoms with Crippen LogP contribution < -0.4 is 5.32 Å². The van der Waals surface area contributed by atoms with E-state index < -0.39 is 11.9 Å². The number of likely N-dealkylation sites (tertiary alicyclic amines) is 1. The van der Waals surface area contributed by atoms with Gasteiger partial charge in [0.05, 0.1) is 11.8 Å². The lowest BCUT2D eigenvalue weighted by atomic mass is 9.95. The number of nitrogens with zero attached hydrogens (tertiary/aromatic N) is 1. The summed E-state index contributed by atoms with van der Waals surface area (Å²) >= 11 is 0. The summed E-state index contributed by atoms with van der Waals surface area (Å²) in [6.07, 6.45) is 4.51. The van der Waals surface area contributed by atoms with Crippen molar-refractivity contribution in [3.05, 3.63) is 0 Å². The van der Waals surface area contributed by atoms with E-state index >= 15 is 0 Å². The summed E-state index contributed by atoms with van der Waals surface area (Å²) < 4.78 is 0. The van der Waals surface area contributed by atoms with Crippen LogP contribution in [0.5, 0.6) is 0 Å². The number of rotatable bonds is 5. The van der Waals surface area contributed by atoms with Gasteiger partial charge in [0.1, 0.15) is 0 Å². The first kappa shape index (κ1) is 14.3. The zero-order valence-electron chi connectivity index (χ0n) is 11.6. The molecular weight excluding hydrogens is 244 g/mol. The minimum Gasteiger partial charge on any atom is -0.481 e. The van der Waals surface area contributed by atoms with Gasteiger partial charge >= 0.3 is 5.97 Å². The quantitative estimate of drug-likeness (QED) is 0.783. The molecule has 2 rings (SSSR count). The second kappa shape index (κ2) is 6.37. The van der Waals surface area contributed by atoms with E-state index in [1.54, 1.807) is 0 Å². The number of carbonyl (C=O) groups excluding carboxylic acids is 1. The van der Waals surface area contributed by atoms with Crippen molar-refractivity contribution in [3.63, 3.8) is 0 Å². The molecule has 5 nitrogen and oxygen atoms in total. The molecule has 5 heteroatoms. The lowest BCUT2D eigenvalue weighted by Crippen LogP contribution is -2.43. The van der Waals surface area contributed by atoms with E-state index in [0.717, 1.165) is 25.9 Å². The lowest BCUT2D eigenvalue weighted by Gasteiger charge is -2.24. The maximum atomic E-state index is 12.1. The summed E-state index contributed by atoms with van der Waals surface area (Å²) in [4.78, 5) is 25.6. The Labute approximate surface area is 114 Å². The molecule has 1 amide bonds. The van der Waals surface area contributed by atoms with Gasteiger partial charge in [-0.15, -0.1) is 0 Å². The Bertz CT molecular complexity index is 346. The highest BCUT2D eigenvalue weighted by Gasteiger charge is 2.38. The molecule has 0 aromatic carbocycles. The van der Waals surface area contributed by atoms with Crippen LogP contribution in [0.3, 0.4) is 0 Å². The molecule has 0 spiro atoms. The minimum atomic E-state index is -0.825. The zero-order valence-corrected chi connectivity index (χ0v) is 11.6. The van der Waals surface area contributed by atoms with Gasteiger partial charge in [-0.05, 0) is 38.8 Å². The molecule has 3 unspecified atom stereocenters. The van der Waals surface area contributed by atoms with Crippen molar-refractivity contribution in [1.29, 1.82) is 0 Å². The number of hydrogen-bond acceptors (Lipinski definition) is 3. The first-order chi connectivity index (χ1) is 9.13. The van der Waals surface area contributed by atoms with E-state index in [1.165, 1.54) is 6.42 Å². The molecule has 3 atom stereocenters. The van der Waals surface area contributed by atoms with Gasteiger partial charge < -0.3 is 10.4 Å². The van der Waals surface area contributed by atoms with Crippen LogP contribution in [0.25, 0.3) is 0 Å². The molecule has 1 saturated carbocycles. The largest absolute Gasteiger partial charge is 0.481 e. The molecule has 2 aliphatic rings. The minimum absolute atomic E-state index is 0.0622. The van der Waals surface area contributed by atoms with Crippen LogP contribution in [0.1, 0.15) is 39.0 Å². The molecular formula is C14H24N2O3. The molecule has 1 heterocycles. The average molecular weight is 268 g/mol. The normalized spacial score (nSPS) is 31.5. The van der Waals surface area contributed by atoms with Crippen molar-refractivity contribution in [3.8, 4) is 0 Å². The lowest BCUT2D eigenvalue weighted by molar-refractivity contribution is -0.146. The van der Waals surface area contributed by atoms with Crippen molar-refractivity contribution in [2.24, 2.45) is 11.8 Å². The van der Waals surface area contributed by atoms with E-state index in [0.29, 0.717) is 25.4 Å². The summed E-state index contributed by atoms with van der Waals surface area (Å²) in [6, 6.07) is 0.429. The standard InChI is InChI=1S/C14H24N2O3/c1-2-16-8-4-5-10(16)9-15-13(17)11-6-3-7-12(11)14(18)19/h10-12H,2-9H2,1H3,(H,15,17)(H,18,19). The number of likely N-dealkylation sites (N-methyl/N-ethyl adjacent to an activating group) is 1. The monoisotopic (exact) mass is 268 g/mol. The second-order valence-electron chi connectivity index (χ2n) is 5.65. The van der Waals surface area contributed by atoms with Gasteiger partial charge in [-0.25, -0.2) is 0 Å². The SMILES string of the molecule is CCN1CCCC1CNC(=O)C1CCCC1C(=O)O. The Morgan fingerprint density at radius 1 is 1.21 bits per heavy atom. The van der Waals surface area contributed by atoms with Gasteiger partial charge in [0.25, 0.3) is 0 Å². The maximum absolute atomic E-state index is 12.1. The average Bonchev–Trinajstić information content (AvgIpc) is 3.04. The van der Waals surface area contributed by atoms with Crippen molar-refractivity contribution in [2.75, 3.05) is 19.6 Å². The summed E-state index contributed by atoms with van der Waals surface area (Å²) in [7, 11) is 0. The predicted molar refractivity (Wildman–Crippen MR) is 71.7 cm³/mol. The van der Waals surface area contributed by atoms with Crippen LogP contribution in [-0.4, -0.2) is 47.6 Å². The number of carbonyl (C=O) groups is 2. The highest BCUT2D eigenvalue weighted by atomic mass is 16.4. The fraction of sp³-hybridized carbons (Fsp3) is 0.857. The van der Waals surface area contributed by atoms with Gasteiger partial charge in [-0.2, -0.15) is 0 Å². The van der Waals surface area contributed by atoms with Crippen molar-refractivity contribution in [1.82, 2.24) is 10.2 Å². The number of carboxylic acid groups (broad SMARTS) is 1. The third-order valence-corrected chi connectivity index (χ3v) is 4.59. The Hall–Kier alpha value is -1.10. The number of aliphatic carboxylic acids is 1. The summed E-state index contributed by atoms with van der Waals surface area (Å²) in [5.74, 6) is -1.69. The van der Waals surface area contributed by atoms with Gasteiger partial charge in [-0.3, -0.25) is 14.5 Å². The first-order valence-electron chi connectivity index (χ1n) is 7.38. The molecule has 0 aromatic heterocycles. The van der Waals surface area contributed by atoms with Crippen LogP contribution >= 0.6 is 0 Å². The van der Waals surface area contributed by atoms with E-state index in [4.69, 9.17) is 5.11 Å². The summed E-state index contributed by atoms with van der Waals surface area (Å²) in [6.45, 7) is 4.92. The molecule has 1 aliphatic carbocycles. The van der Waals surface area contributed by atoms with Gasteiger partial charge in [0.15, 0.2) is 0 Å². The predicted octanol–water partition coefficient (Wildman–Crippen LogP) is 1.09. The molecule has 108 valence electrons. The summed E-state index contributed by atoms with van der Waals surface area (Å²) in [5.41, 5.74) is 0. The van der Waals surface area contributed by atoms with Crippen LogP contribution in [0.4, 0.5) is 0 Å². The molecule has 2 N–H and O–H groups in total. The van der Waals surface area contributed by atoms with Gasteiger partial charge in [-0.1, -0.05) is 13.3 Å². The number of hydrogen-bond donors (Lipinski definition) is 2. The topological polar surface area (TPSA) is 69.6 Å². The van der Waals surface area contributed by atoms with Gasteiger partial charge in [0, 0.05) is 12.6 Å². The fourth-order valence-corrected chi connectivity index (χ4v) is 3.46. The van der Waals surface area contributed by atoms with E-state index in [-0.39, 0.29) is 11.8 Å². The van der Waals surface area contributed by atoms with Crippen molar-refractivity contribution in [2.45, 2.75) is 45.1 Å². The Morgan fingerprint density at radius 2 is 1.95 bits per heavy atom. The van der Waals surface area contributed by atoms with Crippen LogP contribution in [-0.2, 0) is 9.59 Å². The maximum Gasteiger partial charge on any atom is 0.307 e. The Balaban J connectivity index is 1.82. The zero-order chi connectivity index (χ0) is 13.8. The molecule has 0 bridgehead atoms. The molecule has 19 heavy (non-hydrogen) atoms. The highest BCUT2D eigenvalue weighted by molar-refractivity contribution is 5.85. The van der Waals surface area contributed by atoms with Crippen LogP contribution in [0.2, 0.25) is 0 Å². The molecule has 2 fully saturated rings. The number of carboxylic acids is 1. The number of nitrogens with one attached hydrogen (secondary N) is 1. The molecule has 0 radical (unpaired) electrons. The van der Waals surface area contributed by atoms with E-state index in [1.807, 2.05) is 0 Å². The highest BCUT2D eigenvalue weighted by Crippen LogP contribution is 2.32. The van der Waals surface area contributed by atoms with Crippen LogP contribution in [0, 0.1) is 11.8 Å². The van der Waals surface area contributed by atoms with Crippen molar-refractivity contribution >= 4 is 11.9 Å². The molecule has 1 saturated heterocycles. The summed E-state index contributed by atoms with van der Waals surface area (Å²) in [5, 5.41) is 12.1. The van der Waals surface area contributed by atoms with Gasteiger partial charge in [0.2, 0.25) is 5.91 Å². The number of amides is 1. The van der Waals surface area contributed by atoms with E-state index in [9.17, 15) is 9.59 Å². The second-order valence-corrected chi connectivity index (χ2v) is 5.65. The van der Waals surface area contributed by atoms with E-state index in [2.05, 4.69) is 17.1 Å². The smallest absolute Gasteiger partial charge is 0.307 e. The third kappa shape index (κ3) is 3.26. The van der Waals surface area contributed by atoms with Crippen LogP contribution in [0.15, 0.2) is 0 Å². The fourth-order valence-electron chi connectivity index (χ4n) is 3.46.